The molecule has 3 heteroatoms. The molecule has 3 aromatic carbocycles. The number of hydrogen-bond acceptors (Lipinski definition) is 0. The molecule has 0 saturated carbocycles. The van der Waals surface area contributed by atoms with Gasteiger partial charge in [0.1, 0.15) is 0 Å². The summed E-state index contributed by atoms with van der Waals surface area (Å²) in [7, 11) is 0. The summed E-state index contributed by atoms with van der Waals surface area (Å²) in [5.41, 5.74) is 3.93. The molecule has 25 heavy (non-hydrogen) atoms. The second-order valence-corrected chi connectivity index (χ2v) is 7.28. The van der Waals surface area contributed by atoms with Crippen molar-refractivity contribution < 1.29 is 0 Å². The number of rotatable bonds is 2. The molecule has 0 unspecified atom stereocenters. The molecule has 1 aliphatic carbocycles. The molecule has 0 atom stereocenters. The second-order valence-electron chi connectivity index (χ2n) is 5.98. The normalized spacial score (nSPS) is 15.2. The highest BCUT2D eigenvalue weighted by atomic mass is 35.5. The third kappa shape index (κ3) is 3.22. The van der Waals surface area contributed by atoms with Gasteiger partial charge in [-0.2, -0.15) is 0 Å². The van der Waals surface area contributed by atoms with Crippen molar-refractivity contribution in [3.63, 3.8) is 0 Å². The lowest BCUT2D eigenvalue weighted by Gasteiger charge is -2.22. The first-order valence-electron chi connectivity index (χ1n) is 8.00. The Balaban J connectivity index is 1.92. The van der Waals surface area contributed by atoms with Gasteiger partial charge in [0.15, 0.2) is 0 Å². The lowest BCUT2D eigenvalue weighted by atomic mass is 9.86. The molecule has 0 nitrogen and oxygen atoms in total. The first kappa shape index (κ1) is 16.7. The van der Waals surface area contributed by atoms with E-state index in [2.05, 4.69) is 30.3 Å². The molecule has 1 radical (unpaired) electrons. The Labute approximate surface area is 162 Å². The highest BCUT2D eigenvalue weighted by Gasteiger charge is 2.23. The van der Waals surface area contributed by atoms with Crippen LogP contribution in [0.4, 0.5) is 0 Å². The standard InChI is InChI=1S/C22H14Cl3/c23-18-7-3-6-16(13-18)21-19(24)10-11-20(25)22(21)17-9-8-14-4-1-2-5-15(14)12-17/h1-10,12-13H,11H2. The van der Waals surface area contributed by atoms with Gasteiger partial charge < -0.3 is 0 Å². The Hall–Kier alpha value is -1.73. The van der Waals surface area contributed by atoms with Crippen LogP contribution in [0, 0.1) is 6.42 Å². The number of fused-ring (bicyclic) bond motifs is 1. The third-order valence-electron chi connectivity index (χ3n) is 4.37. The molecule has 3 aromatic rings. The number of allylic oxidation sites excluding steroid dienone is 4. The van der Waals surface area contributed by atoms with Crippen LogP contribution < -0.4 is 0 Å². The lowest BCUT2D eigenvalue weighted by Crippen LogP contribution is -2.01. The average molecular weight is 385 g/mol. The van der Waals surface area contributed by atoms with E-state index in [9.17, 15) is 0 Å². The minimum absolute atomic E-state index is 0.632. The molecule has 0 fully saturated rings. The predicted octanol–water partition coefficient (Wildman–Crippen LogP) is 7.70. The van der Waals surface area contributed by atoms with Crippen molar-refractivity contribution in [2.45, 2.75) is 6.42 Å². The quantitative estimate of drug-likeness (QED) is 0.424. The maximum Gasteiger partial charge on any atom is 0.0412 e. The maximum atomic E-state index is 6.64. The average Bonchev–Trinajstić information content (AvgIpc) is 2.63. The van der Waals surface area contributed by atoms with E-state index in [-0.39, 0.29) is 0 Å². The monoisotopic (exact) mass is 383 g/mol. The van der Waals surface area contributed by atoms with Crippen LogP contribution in [0.3, 0.4) is 0 Å². The van der Waals surface area contributed by atoms with E-state index in [1.807, 2.05) is 42.8 Å². The van der Waals surface area contributed by atoms with Gasteiger partial charge in [-0.25, -0.2) is 0 Å². The van der Waals surface area contributed by atoms with Crippen molar-refractivity contribution in [2.75, 3.05) is 0 Å². The molecule has 0 N–H and O–H groups in total. The van der Waals surface area contributed by atoms with Gasteiger partial charge in [-0.1, -0.05) is 83.3 Å². The predicted molar refractivity (Wildman–Crippen MR) is 110 cm³/mol. The SMILES string of the molecule is ClC1=C(c2cccc(Cl)c2)C(c2ccc3ccccc3c2)=C(Cl)C[CH]1. The Kier molecular flexibility index (Phi) is 4.60. The Morgan fingerprint density at radius 2 is 1.40 bits per heavy atom. The first-order valence-corrected chi connectivity index (χ1v) is 9.14. The highest BCUT2D eigenvalue weighted by Crippen LogP contribution is 2.45. The Morgan fingerprint density at radius 1 is 0.640 bits per heavy atom. The van der Waals surface area contributed by atoms with Crippen LogP contribution in [0.25, 0.3) is 21.9 Å². The molecule has 0 heterocycles. The Bertz CT molecular complexity index is 1030. The largest absolute Gasteiger partial charge is 0.0884 e. The first-order chi connectivity index (χ1) is 12.1. The molecule has 0 bridgehead atoms. The van der Waals surface area contributed by atoms with Crippen LogP contribution in [0.1, 0.15) is 17.5 Å². The Morgan fingerprint density at radius 3 is 2.20 bits per heavy atom. The molecule has 4 rings (SSSR count). The molecule has 0 amide bonds. The van der Waals surface area contributed by atoms with Crippen LogP contribution in [-0.4, -0.2) is 0 Å². The lowest BCUT2D eigenvalue weighted by molar-refractivity contribution is 1.23. The fourth-order valence-corrected chi connectivity index (χ4v) is 3.96. The molecular formula is C22H14Cl3. The van der Waals surface area contributed by atoms with Gasteiger partial charge in [0.2, 0.25) is 0 Å². The van der Waals surface area contributed by atoms with Crippen LogP contribution in [0.2, 0.25) is 5.02 Å². The number of halogens is 3. The van der Waals surface area contributed by atoms with Gasteiger partial charge in [0.05, 0.1) is 0 Å². The van der Waals surface area contributed by atoms with Crippen molar-refractivity contribution in [3.05, 3.63) is 99.4 Å². The van der Waals surface area contributed by atoms with Gasteiger partial charge in [0.25, 0.3) is 0 Å². The summed E-state index contributed by atoms with van der Waals surface area (Å²) in [6, 6.07) is 22.4. The van der Waals surface area contributed by atoms with E-state index in [1.165, 1.54) is 10.8 Å². The third-order valence-corrected chi connectivity index (χ3v) is 5.29. The van der Waals surface area contributed by atoms with Crippen molar-refractivity contribution in [2.24, 2.45) is 0 Å². The van der Waals surface area contributed by atoms with E-state index in [1.54, 1.807) is 0 Å². The topological polar surface area (TPSA) is 0 Å². The molecular weight excluding hydrogens is 371 g/mol. The van der Waals surface area contributed by atoms with Crippen molar-refractivity contribution in [3.8, 4) is 0 Å². The van der Waals surface area contributed by atoms with E-state index in [4.69, 9.17) is 34.8 Å². The van der Waals surface area contributed by atoms with E-state index >= 15 is 0 Å². The minimum Gasteiger partial charge on any atom is -0.0884 e. The van der Waals surface area contributed by atoms with E-state index in [0.29, 0.717) is 16.5 Å². The molecule has 0 aromatic heterocycles. The summed E-state index contributed by atoms with van der Waals surface area (Å²) in [5, 5.41) is 4.54. The van der Waals surface area contributed by atoms with Crippen LogP contribution in [0.5, 0.6) is 0 Å². The fraction of sp³-hybridized carbons (Fsp3) is 0.0455. The summed E-state index contributed by atoms with van der Waals surface area (Å²) in [6.07, 6.45) is 2.58. The summed E-state index contributed by atoms with van der Waals surface area (Å²) in [5.74, 6) is 0. The molecule has 0 spiro atoms. The summed E-state index contributed by atoms with van der Waals surface area (Å²) in [6.45, 7) is 0. The number of hydrogen-bond donors (Lipinski definition) is 0. The van der Waals surface area contributed by atoms with Gasteiger partial charge in [-0.15, -0.1) is 0 Å². The van der Waals surface area contributed by atoms with Crippen molar-refractivity contribution in [1.82, 2.24) is 0 Å². The summed E-state index contributed by atoms with van der Waals surface area (Å²) < 4.78 is 0. The van der Waals surface area contributed by atoms with Crippen LogP contribution in [0.15, 0.2) is 76.8 Å². The minimum atomic E-state index is 0.632. The zero-order chi connectivity index (χ0) is 17.4. The second kappa shape index (κ2) is 6.88. The van der Waals surface area contributed by atoms with Gasteiger partial charge in [-0.3, -0.25) is 0 Å². The van der Waals surface area contributed by atoms with Crippen molar-refractivity contribution in [1.29, 1.82) is 0 Å². The summed E-state index contributed by atoms with van der Waals surface area (Å²) >= 11 is 19.4. The van der Waals surface area contributed by atoms with Gasteiger partial charge in [0, 0.05) is 32.7 Å². The molecule has 1 aliphatic rings. The van der Waals surface area contributed by atoms with Crippen LogP contribution in [-0.2, 0) is 0 Å². The van der Waals surface area contributed by atoms with E-state index in [0.717, 1.165) is 27.3 Å². The molecule has 123 valence electrons. The summed E-state index contributed by atoms with van der Waals surface area (Å²) in [4.78, 5) is 0. The zero-order valence-corrected chi connectivity index (χ0v) is 15.5. The van der Waals surface area contributed by atoms with Gasteiger partial charge >= 0.3 is 0 Å². The van der Waals surface area contributed by atoms with Crippen molar-refractivity contribution >= 4 is 56.7 Å². The molecule has 0 saturated heterocycles. The van der Waals surface area contributed by atoms with Crippen LogP contribution >= 0.6 is 34.8 Å². The zero-order valence-electron chi connectivity index (χ0n) is 13.3. The molecule has 0 aliphatic heterocycles. The maximum absolute atomic E-state index is 6.64. The highest BCUT2D eigenvalue weighted by molar-refractivity contribution is 6.42. The fourth-order valence-electron chi connectivity index (χ4n) is 3.21. The smallest absolute Gasteiger partial charge is 0.0412 e. The van der Waals surface area contributed by atoms with Gasteiger partial charge in [-0.05, 0) is 46.5 Å². The van der Waals surface area contributed by atoms with E-state index < -0.39 is 0 Å². The number of benzene rings is 3.